The van der Waals surface area contributed by atoms with Gasteiger partial charge in [-0.2, -0.15) is 0 Å². The molecule has 0 radical (unpaired) electrons. The number of nitrogens with zero attached hydrogens (tertiary/aromatic N) is 1. The number of amides is 1. The lowest BCUT2D eigenvalue weighted by molar-refractivity contribution is -0.138. The maximum absolute atomic E-state index is 13.8. The minimum atomic E-state index is -0.644. The van der Waals surface area contributed by atoms with E-state index >= 15 is 0 Å². The molecule has 1 aliphatic heterocycles. The van der Waals surface area contributed by atoms with Gasteiger partial charge in [0.1, 0.15) is 0 Å². The van der Waals surface area contributed by atoms with E-state index in [1.165, 1.54) is 6.42 Å². The Hall–Kier alpha value is -1.58. The van der Waals surface area contributed by atoms with E-state index in [2.05, 4.69) is 0 Å². The van der Waals surface area contributed by atoms with Crippen LogP contribution in [0.5, 0.6) is 5.75 Å². The Balaban J connectivity index is 2.01. The zero-order valence-electron chi connectivity index (χ0n) is 11.5. The molecule has 1 aromatic carbocycles. The third kappa shape index (κ3) is 3.25. The molecule has 104 valence electrons. The lowest BCUT2D eigenvalue weighted by Gasteiger charge is -2.29. The second-order valence-electron chi connectivity index (χ2n) is 5.03. The summed E-state index contributed by atoms with van der Waals surface area (Å²) < 4.78 is 19.3. The van der Waals surface area contributed by atoms with E-state index in [1.807, 2.05) is 4.90 Å². The van der Waals surface area contributed by atoms with Crippen molar-refractivity contribution in [3.05, 3.63) is 29.6 Å². The average Bonchev–Trinajstić information content (AvgIpc) is 2.44. The van der Waals surface area contributed by atoms with Crippen LogP contribution in [-0.2, 0) is 4.79 Å². The number of ether oxygens (including phenoxy) is 1. The maximum Gasteiger partial charge on any atom is 0.263 e. The second-order valence-corrected chi connectivity index (χ2v) is 5.03. The average molecular weight is 265 g/mol. The first-order valence-corrected chi connectivity index (χ1v) is 6.80. The van der Waals surface area contributed by atoms with Gasteiger partial charge in [0.05, 0.1) is 0 Å². The first-order valence-electron chi connectivity index (χ1n) is 6.80. The summed E-state index contributed by atoms with van der Waals surface area (Å²) in [5.41, 5.74) is 0.523. The second kappa shape index (κ2) is 6.04. The van der Waals surface area contributed by atoms with Crippen molar-refractivity contribution in [1.29, 1.82) is 0 Å². The first-order chi connectivity index (χ1) is 9.09. The predicted octanol–water partition coefficient (Wildman–Crippen LogP) is 2.91. The van der Waals surface area contributed by atoms with Gasteiger partial charge in [-0.15, -0.1) is 0 Å². The van der Waals surface area contributed by atoms with Crippen molar-refractivity contribution in [2.24, 2.45) is 0 Å². The number of likely N-dealkylation sites (tertiary alicyclic amines) is 1. The van der Waals surface area contributed by atoms with Gasteiger partial charge in [-0.1, -0.05) is 12.1 Å². The molecular formula is C15H20FNO2. The number of aryl methyl sites for hydroxylation is 1. The number of benzene rings is 1. The van der Waals surface area contributed by atoms with Gasteiger partial charge in [-0.25, -0.2) is 4.39 Å². The monoisotopic (exact) mass is 265 g/mol. The van der Waals surface area contributed by atoms with Crippen molar-refractivity contribution in [2.45, 2.75) is 39.2 Å². The molecule has 4 heteroatoms. The summed E-state index contributed by atoms with van der Waals surface area (Å²) in [5.74, 6) is -0.292. The molecule has 1 aliphatic rings. The Bertz CT molecular complexity index is 455. The van der Waals surface area contributed by atoms with Crippen molar-refractivity contribution >= 4 is 5.91 Å². The summed E-state index contributed by atoms with van der Waals surface area (Å²) >= 11 is 0. The van der Waals surface area contributed by atoms with Crippen LogP contribution >= 0.6 is 0 Å². The van der Waals surface area contributed by atoms with Gasteiger partial charge >= 0.3 is 0 Å². The zero-order valence-corrected chi connectivity index (χ0v) is 11.5. The highest BCUT2D eigenvalue weighted by Crippen LogP contribution is 2.21. The van der Waals surface area contributed by atoms with Gasteiger partial charge in [0.15, 0.2) is 17.7 Å². The SMILES string of the molecule is Cc1cccc(OC(C)C(=O)N2CCCCC2)c1F. The van der Waals surface area contributed by atoms with E-state index in [-0.39, 0.29) is 17.5 Å². The number of piperidine rings is 1. The lowest BCUT2D eigenvalue weighted by atomic mass is 10.1. The van der Waals surface area contributed by atoms with Crippen LogP contribution in [-0.4, -0.2) is 30.0 Å². The number of carbonyl (C=O) groups is 1. The lowest BCUT2D eigenvalue weighted by Crippen LogP contribution is -2.43. The summed E-state index contributed by atoms with van der Waals surface area (Å²) in [4.78, 5) is 14.0. The topological polar surface area (TPSA) is 29.5 Å². The van der Waals surface area contributed by atoms with Gasteiger partial charge in [-0.3, -0.25) is 4.79 Å². The quantitative estimate of drug-likeness (QED) is 0.841. The molecule has 2 rings (SSSR count). The van der Waals surface area contributed by atoms with Crippen LogP contribution in [0.4, 0.5) is 4.39 Å². The Morgan fingerprint density at radius 3 is 2.68 bits per heavy atom. The molecule has 1 saturated heterocycles. The third-order valence-corrected chi connectivity index (χ3v) is 3.48. The smallest absolute Gasteiger partial charge is 0.263 e. The van der Waals surface area contributed by atoms with Crippen LogP contribution in [0.3, 0.4) is 0 Å². The minimum Gasteiger partial charge on any atom is -0.478 e. The van der Waals surface area contributed by atoms with Crippen molar-refractivity contribution in [3.63, 3.8) is 0 Å². The Morgan fingerprint density at radius 2 is 2.00 bits per heavy atom. The van der Waals surface area contributed by atoms with Gasteiger partial charge < -0.3 is 9.64 Å². The molecular weight excluding hydrogens is 245 g/mol. The first kappa shape index (κ1) is 13.8. The number of hydrogen-bond acceptors (Lipinski definition) is 2. The van der Waals surface area contributed by atoms with Crippen LogP contribution in [0.1, 0.15) is 31.7 Å². The Labute approximate surface area is 113 Å². The molecule has 3 nitrogen and oxygen atoms in total. The molecule has 0 spiro atoms. The molecule has 0 saturated carbocycles. The Morgan fingerprint density at radius 1 is 1.32 bits per heavy atom. The molecule has 1 aromatic rings. The van der Waals surface area contributed by atoms with Crippen molar-refractivity contribution in [1.82, 2.24) is 4.90 Å². The molecule has 0 aromatic heterocycles. The van der Waals surface area contributed by atoms with Gasteiger partial charge in [-0.05, 0) is 44.7 Å². The fraction of sp³-hybridized carbons (Fsp3) is 0.533. The molecule has 0 aliphatic carbocycles. The number of hydrogen-bond donors (Lipinski definition) is 0. The molecule has 0 N–H and O–H groups in total. The van der Waals surface area contributed by atoms with E-state index in [1.54, 1.807) is 32.0 Å². The number of rotatable bonds is 3. The van der Waals surface area contributed by atoms with Gasteiger partial charge in [0.25, 0.3) is 5.91 Å². The predicted molar refractivity (Wildman–Crippen MR) is 71.7 cm³/mol. The van der Waals surface area contributed by atoms with E-state index in [4.69, 9.17) is 4.74 Å². The minimum absolute atomic E-state index is 0.0550. The summed E-state index contributed by atoms with van der Waals surface area (Å²) in [5, 5.41) is 0. The van der Waals surface area contributed by atoms with Crippen LogP contribution in [0.25, 0.3) is 0 Å². The van der Waals surface area contributed by atoms with E-state index in [0.717, 1.165) is 25.9 Å². The van der Waals surface area contributed by atoms with Crippen LogP contribution in [0, 0.1) is 12.7 Å². The highest BCUT2D eigenvalue weighted by atomic mass is 19.1. The summed E-state index contributed by atoms with van der Waals surface area (Å²) in [7, 11) is 0. The highest BCUT2D eigenvalue weighted by Gasteiger charge is 2.24. The van der Waals surface area contributed by atoms with Gasteiger partial charge in [0.2, 0.25) is 0 Å². The third-order valence-electron chi connectivity index (χ3n) is 3.48. The number of carbonyl (C=O) groups excluding carboxylic acids is 1. The fourth-order valence-corrected chi connectivity index (χ4v) is 2.32. The summed E-state index contributed by atoms with van der Waals surface area (Å²) in [6.45, 7) is 4.92. The highest BCUT2D eigenvalue weighted by molar-refractivity contribution is 5.81. The zero-order chi connectivity index (χ0) is 13.8. The van der Waals surface area contributed by atoms with Crippen LogP contribution in [0.2, 0.25) is 0 Å². The van der Waals surface area contributed by atoms with E-state index < -0.39 is 6.10 Å². The Kier molecular flexibility index (Phi) is 4.40. The van der Waals surface area contributed by atoms with Crippen molar-refractivity contribution < 1.29 is 13.9 Å². The molecule has 1 fully saturated rings. The van der Waals surface area contributed by atoms with Crippen LogP contribution in [0.15, 0.2) is 18.2 Å². The van der Waals surface area contributed by atoms with Gasteiger partial charge in [0, 0.05) is 13.1 Å². The fourth-order valence-electron chi connectivity index (χ4n) is 2.32. The summed E-state index contributed by atoms with van der Waals surface area (Å²) in [6, 6.07) is 4.97. The normalized spacial score (nSPS) is 17.1. The molecule has 0 bridgehead atoms. The van der Waals surface area contributed by atoms with Crippen molar-refractivity contribution in [2.75, 3.05) is 13.1 Å². The molecule has 1 atom stereocenters. The molecule has 1 heterocycles. The van der Waals surface area contributed by atoms with Crippen molar-refractivity contribution in [3.8, 4) is 5.75 Å². The molecule has 1 unspecified atom stereocenters. The molecule has 19 heavy (non-hydrogen) atoms. The summed E-state index contributed by atoms with van der Waals surface area (Å²) in [6.07, 6.45) is 2.61. The largest absolute Gasteiger partial charge is 0.478 e. The number of halogens is 1. The molecule has 1 amide bonds. The van der Waals surface area contributed by atoms with E-state index in [0.29, 0.717) is 5.56 Å². The van der Waals surface area contributed by atoms with E-state index in [9.17, 15) is 9.18 Å². The maximum atomic E-state index is 13.8. The standard InChI is InChI=1S/C15H20FNO2/c1-11-7-6-8-13(14(11)16)19-12(2)15(18)17-9-4-3-5-10-17/h6-8,12H,3-5,9-10H2,1-2H3. The van der Waals surface area contributed by atoms with Crippen LogP contribution < -0.4 is 4.74 Å².